The molecule has 6 nitrogen and oxygen atoms in total. The summed E-state index contributed by atoms with van der Waals surface area (Å²) in [6.45, 7) is 5.45. The number of benzene rings is 1. The van der Waals surface area contributed by atoms with E-state index in [1.54, 1.807) is 12.3 Å². The van der Waals surface area contributed by atoms with Gasteiger partial charge in [0.15, 0.2) is 0 Å². The molecule has 1 aliphatic heterocycles. The number of anilines is 1. The lowest BCUT2D eigenvalue weighted by Crippen LogP contribution is -2.38. The molecule has 3 rings (SSSR count). The van der Waals surface area contributed by atoms with Crippen LogP contribution in [0.5, 0.6) is 0 Å². The van der Waals surface area contributed by atoms with E-state index in [2.05, 4.69) is 15.2 Å². The van der Waals surface area contributed by atoms with Gasteiger partial charge in [0.05, 0.1) is 13.2 Å². The molecule has 6 heteroatoms. The van der Waals surface area contributed by atoms with Gasteiger partial charge in [-0.25, -0.2) is 0 Å². The van der Waals surface area contributed by atoms with E-state index in [1.807, 2.05) is 30.3 Å². The lowest BCUT2D eigenvalue weighted by atomic mass is 10.0. The molecule has 0 unspecified atom stereocenters. The number of nitriles is 1. The van der Waals surface area contributed by atoms with Crippen molar-refractivity contribution >= 4 is 5.69 Å². The van der Waals surface area contributed by atoms with Crippen LogP contribution in [0.2, 0.25) is 0 Å². The number of rotatable bonds is 5. The monoisotopic (exact) mass is 324 g/mol. The number of nitrogens with one attached hydrogen (secondary N) is 2. The number of nitrogens with zero attached hydrogens (tertiary/aromatic N) is 2. The second-order valence-corrected chi connectivity index (χ2v) is 5.67. The highest BCUT2D eigenvalue weighted by atomic mass is 16.5. The molecule has 0 atom stereocenters. The number of H-pyrrole nitrogens is 1. The first-order valence-electron chi connectivity index (χ1n) is 8.04. The summed E-state index contributed by atoms with van der Waals surface area (Å²) in [6, 6.07) is 11.5. The second-order valence-electron chi connectivity index (χ2n) is 5.67. The molecule has 0 spiro atoms. The van der Waals surface area contributed by atoms with E-state index in [1.165, 1.54) is 0 Å². The molecule has 1 aromatic carbocycles. The van der Waals surface area contributed by atoms with Crippen molar-refractivity contribution in [1.82, 2.24) is 9.88 Å². The van der Waals surface area contributed by atoms with Crippen molar-refractivity contribution in [2.75, 3.05) is 44.7 Å². The van der Waals surface area contributed by atoms with Crippen molar-refractivity contribution in [3.8, 4) is 17.2 Å². The Morgan fingerprint density at radius 2 is 1.96 bits per heavy atom. The second kappa shape index (κ2) is 7.77. The van der Waals surface area contributed by atoms with E-state index in [9.17, 15) is 4.79 Å². The normalized spacial score (nSPS) is 15.0. The van der Waals surface area contributed by atoms with Gasteiger partial charge in [-0.15, -0.1) is 0 Å². The zero-order valence-electron chi connectivity index (χ0n) is 13.4. The molecule has 1 aliphatic rings. The van der Waals surface area contributed by atoms with Crippen molar-refractivity contribution in [3.05, 3.63) is 52.4 Å². The molecule has 0 saturated carbocycles. The Bertz CT molecular complexity index is 771. The predicted octanol–water partition coefficient (Wildman–Crippen LogP) is 1.66. The molecule has 0 bridgehead atoms. The van der Waals surface area contributed by atoms with Crippen LogP contribution >= 0.6 is 0 Å². The quantitative estimate of drug-likeness (QED) is 0.874. The average Bonchev–Trinajstić information content (AvgIpc) is 2.63. The zero-order chi connectivity index (χ0) is 16.8. The third-order valence-electron chi connectivity index (χ3n) is 4.13. The van der Waals surface area contributed by atoms with Gasteiger partial charge in [-0.3, -0.25) is 9.69 Å². The highest BCUT2D eigenvalue weighted by molar-refractivity contribution is 5.71. The Hall–Kier alpha value is -2.62. The fourth-order valence-electron chi connectivity index (χ4n) is 2.78. The molecule has 2 aromatic rings. The largest absolute Gasteiger partial charge is 0.384 e. The van der Waals surface area contributed by atoms with Gasteiger partial charge in [-0.2, -0.15) is 5.26 Å². The van der Waals surface area contributed by atoms with Gasteiger partial charge in [0.25, 0.3) is 5.56 Å². The first-order valence-corrected chi connectivity index (χ1v) is 8.04. The van der Waals surface area contributed by atoms with Crippen LogP contribution in [0.3, 0.4) is 0 Å². The van der Waals surface area contributed by atoms with Gasteiger partial charge >= 0.3 is 0 Å². The van der Waals surface area contributed by atoms with Crippen molar-refractivity contribution in [1.29, 1.82) is 5.26 Å². The topological polar surface area (TPSA) is 81.2 Å². The van der Waals surface area contributed by atoms with Crippen LogP contribution in [0, 0.1) is 11.3 Å². The lowest BCUT2D eigenvalue weighted by Gasteiger charge is -2.26. The summed E-state index contributed by atoms with van der Waals surface area (Å²) in [5, 5.41) is 12.6. The number of morpholine rings is 1. The summed E-state index contributed by atoms with van der Waals surface area (Å²) < 4.78 is 5.34. The zero-order valence-corrected chi connectivity index (χ0v) is 13.4. The molecule has 124 valence electrons. The molecule has 2 heterocycles. The van der Waals surface area contributed by atoms with E-state index < -0.39 is 0 Å². The molecular weight excluding hydrogens is 304 g/mol. The van der Waals surface area contributed by atoms with E-state index in [0.717, 1.165) is 50.6 Å². The minimum atomic E-state index is -0.359. The van der Waals surface area contributed by atoms with Crippen molar-refractivity contribution in [2.24, 2.45) is 0 Å². The number of aromatic amines is 1. The highest BCUT2D eigenvalue weighted by Gasteiger charge is 2.10. The van der Waals surface area contributed by atoms with Gasteiger partial charge < -0.3 is 15.0 Å². The van der Waals surface area contributed by atoms with E-state index in [0.29, 0.717) is 5.56 Å². The Morgan fingerprint density at radius 3 is 2.67 bits per heavy atom. The molecule has 1 fully saturated rings. The number of pyridine rings is 1. The van der Waals surface area contributed by atoms with Crippen molar-refractivity contribution in [2.45, 2.75) is 0 Å². The number of hydrogen-bond acceptors (Lipinski definition) is 5. The summed E-state index contributed by atoms with van der Waals surface area (Å²) in [5.74, 6) is 0. The van der Waals surface area contributed by atoms with Crippen molar-refractivity contribution in [3.63, 3.8) is 0 Å². The molecular formula is C18H20N4O2. The van der Waals surface area contributed by atoms with E-state index in [-0.39, 0.29) is 11.1 Å². The number of ether oxygens (including phenoxy) is 1. The van der Waals surface area contributed by atoms with Gasteiger partial charge in [-0.1, -0.05) is 12.1 Å². The Balaban J connectivity index is 1.62. The minimum Gasteiger partial charge on any atom is -0.384 e. The Kier molecular flexibility index (Phi) is 5.26. The van der Waals surface area contributed by atoms with Crippen LogP contribution in [-0.4, -0.2) is 49.3 Å². The van der Waals surface area contributed by atoms with Gasteiger partial charge in [0.2, 0.25) is 0 Å². The van der Waals surface area contributed by atoms with Crippen LogP contribution in [0.4, 0.5) is 5.69 Å². The van der Waals surface area contributed by atoms with Crippen molar-refractivity contribution < 1.29 is 4.74 Å². The summed E-state index contributed by atoms with van der Waals surface area (Å²) in [6.07, 6.45) is 1.56. The van der Waals surface area contributed by atoms with Gasteiger partial charge in [0, 0.05) is 43.6 Å². The molecule has 0 amide bonds. The summed E-state index contributed by atoms with van der Waals surface area (Å²) >= 11 is 0. The fraction of sp³-hybridized carbons (Fsp3) is 0.333. The maximum Gasteiger partial charge on any atom is 0.266 e. The molecule has 1 saturated heterocycles. The average molecular weight is 324 g/mol. The molecule has 1 aromatic heterocycles. The third-order valence-corrected chi connectivity index (χ3v) is 4.13. The van der Waals surface area contributed by atoms with Crippen LogP contribution in [-0.2, 0) is 4.74 Å². The van der Waals surface area contributed by atoms with Gasteiger partial charge in [-0.05, 0) is 23.8 Å². The fourth-order valence-corrected chi connectivity index (χ4v) is 2.78. The Morgan fingerprint density at radius 1 is 1.21 bits per heavy atom. The molecule has 24 heavy (non-hydrogen) atoms. The molecule has 0 aliphatic carbocycles. The van der Waals surface area contributed by atoms with E-state index >= 15 is 0 Å². The summed E-state index contributed by atoms with van der Waals surface area (Å²) in [4.78, 5) is 16.6. The van der Waals surface area contributed by atoms with Gasteiger partial charge in [0.1, 0.15) is 11.6 Å². The maximum atomic E-state index is 11.7. The highest BCUT2D eigenvalue weighted by Crippen LogP contribution is 2.22. The van der Waals surface area contributed by atoms with Crippen LogP contribution in [0.15, 0.2) is 41.3 Å². The maximum absolute atomic E-state index is 11.7. The lowest BCUT2D eigenvalue weighted by molar-refractivity contribution is 0.0398. The molecule has 0 radical (unpaired) electrons. The van der Waals surface area contributed by atoms with Crippen LogP contribution in [0.25, 0.3) is 11.1 Å². The molecule has 2 N–H and O–H groups in total. The Labute approximate surface area is 140 Å². The number of aromatic nitrogens is 1. The first kappa shape index (κ1) is 16.2. The number of hydrogen-bond donors (Lipinski definition) is 2. The standard InChI is InChI=1S/C18H20N4O2/c19-13-17-16(5-6-21-18(17)23)14-1-3-15(4-2-14)20-7-8-22-9-11-24-12-10-22/h1-6,20H,7-12H2,(H,21,23). The van der Waals surface area contributed by atoms with Crippen LogP contribution < -0.4 is 10.9 Å². The predicted molar refractivity (Wildman–Crippen MR) is 93.0 cm³/mol. The van der Waals surface area contributed by atoms with Crippen LogP contribution in [0.1, 0.15) is 5.56 Å². The first-order chi connectivity index (χ1) is 11.8. The smallest absolute Gasteiger partial charge is 0.266 e. The third kappa shape index (κ3) is 3.82. The summed E-state index contributed by atoms with van der Waals surface area (Å²) in [5.41, 5.74) is 2.32. The van der Waals surface area contributed by atoms with E-state index in [4.69, 9.17) is 10.00 Å². The minimum absolute atomic E-state index is 0.144. The SMILES string of the molecule is N#Cc1c(-c2ccc(NCCN3CCOCC3)cc2)cc[nH]c1=O. The summed E-state index contributed by atoms with van der Waals surface area (Å²) in [7, 11) is 0.